The van der Waals surface area contributed by atoms with Crippen molar-refractivity contribution in [2.24, 2.45) is 5.92 Å². The van der Waals surface area contributed by atoms with Gasteiger partial charge in [0.1, 0.15) is 0 Å². The maximum Gasteiger partial charge on any atom is 0.259 e. The Kier molecular flexibility index (Phi) is 6.63. The van der Waals surface area contributed by atoms with Crippen molar-refractivity contribution in [2.75, 3.05) is 5.32 Å². The van der Waals surface area contributed by atoms with Crippen molar-refractivity contribution in [1.29, 1.82) is 0 Å². The first-order valence-electron chi connectivity index (χ1n) is 10.4. The predicted molar refractivity (Wildman–Crippen MR) is 127 cm³/mol. The van der Waals surface area contributed by atoms with E-state index in [1.54, 1.807) is 11.6 Å². The number of rotatable bonds is 8. The number of nitrogens with one attached hydrogen (secondary N) is 1. The summed E-state index contributed by atoms with van der Waals surface area (Å²) in [6.45, 7) is 5.18. The molecule has 0 saturated heterocycles. The average Bonchev–Trinajstić information content (AvgIpc) is 3.40. The van der Waals surface area contributed by atoms with Crippen molar-refractivity contribution in [1.82, 2.24) is 19.1 Å². The Morgan fingerprint density at radius 3 is 2.74 bits per heavy atom. The van der Waals surface area contributed by atoms with Crippen LogP contribution in [0.4, 0.5) is 5.82 Å². The van der Waals surface area contributed by atoms with Crippen molar-refractivity contribution in [3.63, 3.8) is 0 Å². The van der Waals surface area contributed by atoms with Crippen molar-refractivity contribution in [3.8, 4) is 11.3 Å². The Labute approximate surface area is 190 Å². The first-order valence-corrected chi connectivity index (χ1v) is 11.6. The van der Waals surface area contributed by atoms with E-state index in [-0.39, 0.29) is 5.91 Å². The number of fused-ring (bicyclic) bond motifs is 1. The van der Waals surface area contributed by atoms with Crippen molar-refractivity contribution in [2.45, 2.75) is 39.7 Å². The van der Waals surface area contributed by atoms with Crippen LogP contribution in [-0.2, 0) is 6.54 Å². The molecule has 160 valence electrons. The monoisotopic (exact) mass is 453 g/mol. The number of carbonyl (C=O) groups is 1. The predicted octanol–water partition coefficient (Wildman–Crippen LogP) is 6.29. The van der Waals surface area contributed by atoms with Gasteiger partial charge in [0.15, 0.2) is 11.5 Å². The highest BCUT2D eigenvalue weighted by Gasteiger charge is 2.19. The molecule has 0 spiro atoms. The highest BCUT2D eigenvalue weighted by atomic mass is 35.5. The molecule has 0 atom stereocenters. The molecule has 0 unspecified atom stereocenters. The van der Waals surface area contributed by atoms with E-state index in [4.69, 9.17) is 16.6 Å². The van der Waals surface area contributed by atoms with Gasteiger partial charge in [-0.3, -0.25) is 4.79 Å². The number of aromatic nitrogens is 4. The van der Waals surface area contributed by atoms with Crippen molar-refractivity contribution < 1.29 is 4.79 Å². The quantitative estimate of drug-likeness (QED) is 0.318. The summed E-state index contributed by atoms with van der Waals surface area (Å²) in [6, 6.07) is 11.7. The highest BCUT2D eigenvalue weighted by Crippen LogP contribution is 2.32. The molecule has 0 aliphatic rings. The van der Waals surface area contributed by atoms with E-state index in [2.05, 4.69) is 28.6 Å². The van der Waals surface area contributed by atoms with Crippen molar-refractivity contribution in [3.05, 3.63) is 58.6 Å². The van der Waals surface area contributed by atoms with E-state index in [0.717, 1.165) is 30.3 Å². The Balaban J connectivity index is 1.71. The zero-order valence-electron chi connectivity index (χ0n) is 17.5. The number of hydrogen-bond acceptors (Lipinski definition) is 5. The van der Waals surface area contributed by atoms with Gasteiger partial charge in [-0.25, -0.2) is 14.0 Å². The third-order valence-electron chi connectivity index (χ3n) is 5.05. The van der Waals surface area contributed by atoms with E-state index in [1.165, 1.54) is 18.0 Å². The third kappa shape index (κ3) is 4.94. The summed E-state index contributed by atoms with van der Waals surface area (Å²) in [4.78, 5) is 17.4. The number of nitrogens with zero attached hydrogens (tertiary/aromatic N) is 4. The van der Waals surface area contributed by atoms with E-state index in [0.29, 0.717) is 33.7 Å². The molecule has 8 heteroatoms. The Morgan fingerprint density at radius 1 is 1.23 bits per heavy atom. The molecule has 1 amide bonds. The van der Waals surface area contributed by atoms with Gasteiger partial charge < -0.3 is 5.32 Å². The van der Waals surface area contributed by atoms with Crippen LogP contribution >= 0.6 is 23.1 Å². The minimum atomic E-state index is -0.247. The molecule has 0 bridgehead atoms. The molecule has 4 aromatic rings. The topological polar surface area (TPSA) is 72.7 Å². The second-order valence-electron chi connectivity index (χ2n) is 7.88. The fourth-order valence-electron chi connectivity index (χ4n) is 3.43. The minimum Gasteiger partial charge on any atom is -0.304 e. The number of amides is 1. The van der Waals surface area contributed by atoms with E-state index >= 15 is 0 Å². The normalized spacial score (nSPS) is 11.4. The van der Waals surface area contributed by atoms with E-state index in [1.807, 2.05) is 41.1 Å². The van der Waals surface area contributed by atoms with Crippen LogP contribution in [0.15, 0.2) is 48.0 Å². The smallest absolute Gasteiger partial charge is 0.259 e. The van der Waals surface area contributed by atoms with Gasteiger partial charge in [0, 0.05) is 17.5 Å². The van der Waals surface area contributed by atoms with Gasteiger partial charge in [0.25, 0.3) is 5.91 Å². The lowest BCUT2D eigenvalue weighted by molar-refractivity contribution is 0.102. The zero-order valence-corrected chi connectivity index (χ0v) is 19.1. The Bertz CT molecular complexity index is 1170. The number of carbonyl (C=O) groups excluding carboxylic acids is 1. The molecule has 0 radical (unpaired) electrons. The summed E-state index contributed by atoms with van der Waals surface area (Å²) in [5.41, 5.74) is 2.87. The van der Waals surface area contributed by atoms with Crippen LogP contribution in [0.25, 0.3) is 22.3 Å². The molecule has 31 heavy (non-hydrogen) atoms. The van der Waals surface area contributed by atoms with Crippen molar-refractivity contribution >= 4 is 45.9 Å². The van der Waals surface area contributed by atoms with Crippen LogP contribution in [0.3, 0.4) is 0 Å². The third-order valence-corrected chi connectivity index (χ3v) is 5.93. The number of pyridine rings is 1. The van der Waals surface area contributed by atoms with Gasteiger partial charge in [-0.1, -0.05) is 68.6 Å². The molecule has 0 aliphatic carbocycles. The molecule has 1 aromatic carbocycles. The molecule has 0 saturated carbocycles. The molecule has 3 heterocycles. The van der Waals surface area contributed by atoms with Crippen LogP contribution in [0.1, 0.15) is 43.5 Å². The van der Waals surface area contributed by atoms with Crippen LogP contribution < -0.4 is 5.32 Å². The number of aryl methyl sites for hydroxylation is 1. The minimum absolute atomic E-state index is 0.247. The van der Waals surface area contributed by atoms with Gasteiger partial charge in [-0.15, -0.1) is 0 Å². The van der Waals surface area contributed by atoms with Gasteiger partial charge in [0.05, 0.1) is 27.9 Å². The summed E-state index contributed by atoms with van der Waals surface area (Å²) in [7, 11) is 0. The zero-order chi connectivity index (χ0) is 21.8. The molecular formula is C23H24ClN5OS. The molecule has 6 nitrogen and oxygen atoms in total. The lowest BCUT2D eigenvalue weighted by Gasteiger charge is -2.07. The molecule has 0 aliphatic heterocycles. The number of unbranched alkanes of at least 4 members (excludes halogenated alkanes) is 1. The summed E-state index contributed by atoms with van der Waals surface area (Å²) in [5, 5.41) is 10.5. The lowest BCUT2D eigenvalue weighted by Crippen LogP contribution is -2.12. The first-order chi connectivity index (χ1) is 15.0. The largest absolute Gasteiger partial charge is 0.304 e. The van der Waals surface area contributed by atoms with Crippen LogP contribution in [0.5, 0.6) is 0 Å². The van der Waals surface area contributed by atoms with Crippen LogP contribution in [0.2, 0.25) is 5.02 Å². The first kappa shape index (κ1) is 21.5. The van der Waals surface area contributed by atoms with Crippen LogP contribution in [0, 0.1) is 5.92 Å². The highest BCUT2D eigenvalue weighted by molar-refractivity contribution is 7.03. The van der Waals surface area contributed by atoms with E-state index < -0.39 is 0 Å². The SMILES string of the molecule is CC(C)CCCCn1nc(NC(=O)c2cnsc2)c2cc(Cl)c(-c3ccccc3)nc21. The molecule has 3 aromatic heterocycles. The van der Waals surface area contributed by atoms with E-state index in [9.17, 15) is 4.79 Å². The van der Waals surface area contributed by atoms with Gasteiger partial charge in [-0.2, -0.15) is 5.10 Å². The number of hydrogen-bond donors (Lipinski definition) is 1. The second kappa shape index (κ2) is 9.58. The number of benzene rings is 1. The van der Waals surface area contributed by atoms with Crippen LogP contribution in [-0.4, -0.2) is 25.0 Å². The van der Waals surface area contributed by atoms with Gasteiger partial charge in [-0.05, 0) is 29.9 Å². The summed E-state index contributed by atoms with van der Waals surface area (Å²) in [6.07, 6.45) is 4.81. The van der Waals surface area contributed by atoms with Gasteiger partial charge in [0.2, 0.25) is 0 Å². The maximum absolute atomic E-state index is 12.6. The molecule has 0 fully saturated rings. The molecular weight excluding hydrogens is 430 g/mol. The molecule has 4 rings (SSSR count). The maximum atomic E-state index is 12.6. The Morgan fingerprint density at radius 2 is 2.03 bits per heavy atom. The summed E-state index contributed by atoms with van der Waals surface area (Å²) in [5.74, 6) is 0.887. The second-order valence-corrected chi connectivity index (χ2v) is 8.95. The van der Waals surface area contributed by atoms with Gasteiger partial charge >= 0.3 is 0 Å². The summed E-state index contributed by atoms with van der Waals surface area (Å²) < 4.78 is 5.87. The standard InChI is InChI=1S/C23H24ClN5OS/c1-15(2)8-6-7-11-29-22-18(21(28-29)27-23(30)17-13-25-31-14-17)12-19(24)20(26-22)16-9-4-3-5-10-16/h3-5,9-10,12-15H,6-8,11H2,1-2H3,(H,27,28,30). The number of anilines is 1. The number of halogens is 1. The molecule has 1 N–H and O–H groups in total. The lowest BCUT2D eigenvalue weighted by atomic mass is 10.1. The summed E-state index contributed by atoms with van der Waals surface area (Å²) >= 11 is 7.83. The Hall–Kier alpha value is -2.77. The average molecular weight is 454 g/mol. The fourth-order valence-corrected chi connectivity index (χ4v) is 4.21. The fraction of sp³-hybridized carbons (Fsp3) is 0.304.